The summed E-state index contributed by atoms with van der Waals surface area (Å²) in [6.45, 7) is 8.93. The van der Waals surface area contributed by atoms with E-state index in [1.807, 2.05) is 36.4 Å². The molecule has 0 amide bonds. The molecule has 0 aliphatic carbocycles. The van der Waals surface area contributed by atoms with Gasteiger partial charge in [-0.15, -0.1) is 11.3 Å². The first kappa shape index (κ1) is 37.1. The van der Waals surface area contributed by atoms with Gasteiger partial charge in [-0.05, 0) is 115 Å². The summed E-state index contributed by atoms with van der Waals surface area (Å²) in [7, 11) is 0. The van der Waals surface area contributed by atoms with Crippen LogP contribution in [0.15, 0.2) is 181 Å². The van der Waals surface area contributed by atoms with Crippen LogP contribution in [-0.4, -0.2) is 19.0 Å². The van der Waals surface area contributed by atoms with Crippen LogP contribution in [0.4, 0.5) is 28.4 Å². The molecule has 0 bridgehead atoms. The van der Waals surface area contributed by atoms with E-state index in [2.05, 4.69) is 171 Å². The van der Waals surface area contributed by atoms with Crippen molar-refractivity contribution in [2.75, 3.05) is 9.80 Å². The van der Waals surface area contributed by atoms with Crippen LogP contribution >= 0.6 is 11.3 Å². The van der Waals surface area contributed by atoms with Gasteiger partial charge in [-0.2, -0.15) is 0 Å². The second kappa shape index (κ2) is 13.1. The van der Waals surface area contributed by atoms with E-state index in [0.717, 1.165) is 90.4 Å². The maximum atomic E-state index is 7.23. The zero-order valence-electron chi connectivity index (χ0n) is 36.3. The molecule has 5 aliphatic heterocycles. The Balaban J connectivity index is 0.935. The van der Waals surface area contributed by atoms with Gasteiger partial charge in [0.25, 0.3) is 13.4 Å². The fourth-order valence-corrected chi connectivity index (χ4v) is 12.2. The van der Waals surface area contributed by atoms with Crippen molar-refractivity contribution < 1.29 is 18.9 Å². The van der Waals surface area contributed by atoms with Crippen molar-refractivity contribution in [3.8, 4) is 34.5 Å². The zero-order valence-corrected chi connectivity index (χ0v) is 37.1. The summed E-state index contributed by atoms with van der Waals surface area (Å²) in [5, 5.41) is 2.42. The van der Waals surface area contributed by atoms with Crippen LogP contribution in [0.1, 0.15) is 27.7 Å². The SMILES string of the molecule is CC1(C)OC2=C(N(c3ccccc3)c3cccc4c3B2c2cc3c(cc2O4)sc2cc4c(cc23)B2c3ccccc3N(c3cccc(Oc5ccccc5)c3)c3cccc(c32)O4)C1(C)C. The van der Waals surface area contributed by atoms with E-state index in [9.17, 15) is 0 Å². The van der Waals surface area contributed by atoms with Crippen LogP contribution in [-0.2, 0) is 4.74 Å². The lowest BCUT2D eigenvalue weighted by Gasteiger charge is -2.42. The van der Waals surface area contributed by atoms with Crippen molar-refractivity contribution in [3.63, 3.8) is 0 Å². The largest absolute Gasteiger partial charge is 0.499 e. The third-order valence-corrected chi connectivity index (χ3v) is 15.8. The Hall–Kier alpha value is -7.35. The molecule has 310 valence electrons. The molecule has 0 saturated heterocycles. The summed E-state index contributed by atoms with van der Waals surface area (Å²) in [6, 6.07) is 60.0. The number of nitrogens with zero attached hydrogens (tertiary/aromatic N) is 2. The van der Waals surface area contributed by atoms with E-state index < -0.39 is 5.60 Å². The lowest BCUT2D eigenvalue weighted by molar-refractivity contribution is -0.000704. The molecule has 5 aliphatic rings. The smallest absolute Gasteiger partial charge is 0.299 e. The van der Waals surface area contributed by atoms with Crippen molar-refractivity contribution in [2.45, 2.75) is 33.3 Å². The summed E-state index contributed by atoms with van der Waals surface area (Å²) < 4.78 is 29.8. The maximum absolute atomic E-state index is 7.23. The van der Waals surface area contributed by atoms with Crippen LogP contribution in [0.2, 0.25) is 0 Å². The first-order chi connectivity index (χ1) is 31.7. The first-order valence-corrected chi connectivity index (χ1v) is 23.2. The summed E-state index contributed by atoms with van der Waals surface area (Å²) >= 11 is 1.79. The van der Waals surface area contributed by atoms with Gasteiger partial charge in [-0.3, -0.25) is 0 Å². The highest BCUT2D eigenvalue weighted by Gasteiger charge is 2.58. The van der Waals surface area contributed by atoms with Crippen molar-refractivity contribution in [1.82, 2.24) is 0 Å². The Morgan fingerprint density at radius 1 is 0.477 bits per heavy atom. The van der Waals surface area contributed by atoms with Gasteiger partial charge in [-0.25, -0.2) is 0 Å². The first-order valence-electron chi connectivity index (χ1n) is 22.4. The Morgan fingerprint density at radius 3 is 1.74 bits per heavy atom. The number of anilines is 5. The molecule has 0 fully saturated rings. The zero-order chi connectivity index (χ0) is 43.3. The molecule has 9 aromatic rings. The number of ether oxygens (including phenoxy) is 4. The minimum absolute atomic E-state index is 0.0396. The fraction of sp³-hybridized carbons (Fsp3) is 0.107. The molecule has 0 atom stereocenters. The molecule has 8 aromatic carbocycles. The van der Waals surface area contributed by atoms with Crippen molar-refractivity contribution in [2.24, 2.45) is 5.41 Å². The number of benzene rings is 8. The van der Waals surface area contributed by atoms with Crippen molar-refractivity contribution in [1.29, 1.82) is 0 Å². The van der Waals surface area contributed by atoms with E-state index in [4.69, 9.17) is 18.9 Å². The van der Waals surface area contributed by atoms with Crippen LogP contribution in [0.5, 0.6) is 34.5 Å². The van der Waals surface area contributed by atoms with Gasteiger partial charge in [-0.1, -0.05) is 98.8 Å². The highest BCUT2D eigenvalue weighted by Crippen LogP contribution is 2.56. The molecule has 14 rings (SSSR count). The van der Waals surface area contributed by atoms with E-state index in [1.165, 1.54) is 31.3 Å². The van der Waals surface area contributed by atoms with E-state index in [1.54, 1.807) is 11.3 Å². The summed E-state index contributed by atoms with van der Waals surface area (Å²) in [5.41, 5.74) is 12.8. The lowest BCUT2D eigenvalue weighted by Crippen LogP contribution is -2.59. The molecule has 9 heteroatoms. The average Bonchev–Trinajstić information content (AvgIpc) is 3.75. The second-order valence-corrected chi connectivity index (χ2v) is 19.8. The monoisotopic (exact) mass is 858 g/mol. The highest BCUT2D eigenvalue weighted by atomic mass is 32.1. The molecule has 0 unspecified atom stereocenters. The highest BCUT2D eigenvalue weighted by molar-refractivity contribution is 7.26. The number of thiophene rings is 1. The van der Waals surface area contributed by atoms with E-state index in [0.29, 0.717) is 0 Å². The number of rotatable bonds is 4. The summed E-state index contributed by atoms with van der Waals surface area (Å²) in [5.74, 6) is 5.10. The van der Waals surface area contributed by atoms with Gasteiger partial charge in [0.15, 0.2) is 0 Å². The molecule has 0 saturated carbocycles. The lowest BCUT2D eigenvalue weighted by atomic mass is 9.34. The quantitative estimate of drug-likeness (QED) is 0.164. The van der Waals surface area contributed by atoms with Gasteiger partial charge in [0.05, 0.1) is 11.4 Å². The minimum atomic E-state index is -0.455. The van der Waals surface area contributed by atoms with Gasteiger partial charge in [0.2, 0.25) is 0 Å². The Labute approximate surface area is 382 Å². The van der Waals surface area contributed by atoms with Crippen molar-refractivity contribution >= 4 is 101 Å². The summed E-state index contributed by atoms with van der Waals surface area (Å²) in [6.07, 6.45) is 0. The molecule has 0 spiro atoms. The predicted octanol–water partition coefficient (Wildman–Crippen LogP) is 11.7. The minimum Gasteiger partial charge on any atom is -0.499 e. The van der Waals surface area contributed by atoms with Crippen LogP contribution < -0.4 is 51.3 Å². The number of fused-ring (bicyclic) bond motifs is 10. The fourth-order valence-electron chi connectivity index (χ4n) is 11.1. The molecule has 0 N–H and O–H groups in total. The van der Waals surface area contributed by atoms with Crippen LogP contribution in [0.3, 0.4) is 0 Å². The molecule has 0 radical (unpaired) electrons. The van der Waals surface area contributed by atoms with Crippen LogP contribution in [0, 0.1) is 5.41 Å². The van der Waals surface area contributed by atoms with E-state index >= 15 is 0 Å². The molecule has 6 nitrogen and oxygen atoms in total. The summed E-state index contributed by atoms with van der Waals surface area (Å²) in [4.78, 5) is 4.77. The van der Waals surface area contributed by atoms with Crippen molar-refractivity contribution in [3.05, 3.63) is 181 Å². The second-order valence-electron chi connectivity index (χ2n) is 18.8. The molecular formula is C56H40B2N2O4S. The standard InChI is InChI=1S/C56H40B2N2O4S/c1-55(2)53-54(64-56(55,3)4)58-41-30-38-37-29-40-47(31-49(37)65-50(38)32-48(41)63-46-27-15-25-44(52(46)58)60(53)33-16-7-5-8-17-33)62-45-26-14-24-43-51(45)57(40)39-22-11-12-23-42(39)59(43)34-18-13-21-36(28-34)61-35-19-9-6-10-20-35/h5-32H,1-4H3. The van der Waals surface area contributed by atoms with Gasteiger partial charge >= 0.3 is 0 Å². The molecule has 65 heavy (non-hydrogen) atoms. The van der Waals surface area contributed by atoms with E-state index in [-0.39, 0.29) is 18.8 Å². The Morgan fingerprint density at radius 2 is 1.03 bits per heavy atom. The third kappa shape index (κ3) is 5.13. The Kier molecular flexibility index (Phi) is 7.48. The molecular weight excluding hydrogens is 818 g/mol. The Bertz CT molecular complexity index is 3550. The maximum Gasteiger partial charge on any atom is 0.299 e. The third-order valence-electron chi connectivity index (χ3n) is 14.7. The number of hydrogen-bond donors (Lipinski definition) is 0. The predicted molar refractivity (Wildman–Crippen MR) is 268 cm³/mol. The molecule has 6 heterocycles. The van der Waals surface area contributed by atoms with Gasteiger partial charge in [0, 0.05) is 65.6 Å². The topological polar surface area (TPSA) is 43.4 Å². The van der Waals surface area contributed by atoms with Gasteiger partial charge in [0.1, 0.15) is 40.1 Å². The van der Waals surface area contributed by atoms with Crippen LogP contribution in [0.25, 0.3) is 20.2 Å². The number of para-hydroxylation sites is 3. The average molecular weight is 859 g/mol. The number of hydrogen-bond acceptors (Lipinski definition) is 7. The van der Waals surface area contributed by atoms with Gasteiger partial charge < -0.3 is 28.7 Å². The normalized spacial score (nSPS) is 16.4. The molecule has 1 aromatic heterocycles.